The van der Waals surface area contributed by atoms with E-state index in [9.17, 15) is 102 Å². The van der Waals surface area contributed by atoms with E-state index in [4.69, 9.17) is 66.3 Å². The van der Waals surface area contributed by atoms with Gasteiger partial charge in [-0.05, 0) is 0 Å². The molecule has 0 amide bonds. The molecule has 84 heavy (non-hydrogen) atoms. The van der Waals surface area contributed by atoms with Crippen molar-refractivity contribution >= 4 is 19.4 Å². The molecule has 1 aromatic rings. The Labute approximate surface area is 483 Å². The van der Waals surface area contributed by atoms with Crippen molar-refractivity contribution in [3.63, 3.8) is 0 Å². The number of benzene rings is 1. The molecule has 482 valence electrons. The maximum absolute atomic E-state index is 11.9. The molecule has 21 saturated heterocycles. The maximum atomic E-state index is 11.9. The predicted molar refractivity (Wildman–Crippen MR) is 263 cm³/mol. The van der Waals surface area contributed by atoms with Crippen molar-refractivity contribution in [2.75, 3.05) is 39.6 Å². The van der Waals surface area contributed by atoms with Crippen molar-refractivity contribution in [2.24, 2.45) is 0 Å². The van der Waals surface area contributed by atoms with Gasteiger partial charge in [0.25, 0.3) is 0 Å². The molecule has 0 unspecified atom stereocenters. The van der Waals surface area contributed by atoms with Crippen molar-refractivity contribution in [1.82, 2.24) is 0 Å². The first-order valence-electron chi connectivity index (χ1n) is 27.1. The predicted octanol–water partition coefficient (Wildman–Crippen LogP) is -13.5. The van der Waals surface area contributed by atoms with Crippen molar-refractivity contribution in [3.8, 4) is 0 Å². The number of hydrogen-bond donors (Lipinski definition) is 20. The van der Waals surface area contributed by atoms with Gasteiger partial charge in [-0.25, -0.2) is 0 Å². The fraction of sp³-hybridized carbons (Fsp3) is 0.878. The summed E-state index contributed by atoms with van der Waals surface area (Å²) >= 11 is -0.525. The van der Waals surface area contributed by atoms with E-state index in [1.807, 2.05) is 19.1 Å². The van der Waals surface area contributed by atoms with Crippen LogP contribution in [0.25, 0.3) is 0 Å². The quantitative estimate of drug-likeness (QED) is 0.102. The summed E-state index contributed by atoms with van der Waals surface area (Å²) < 4.78 is 82.5. The van der Waals surface area contributed by atoms with Gasteiger partial charge in [-0.2, -0.15) is 0 Å². The SMILES string of the molecule is Cc1ccccc1[Se]C[C@H]1O[C@@H]2O[C@H]3[C@H](O)[C@@H](O)[C@@H](O[C@H]4[C@H](O)[C@@H](O)[C@@H](O[C@H]5[C@H](O)[C@@H](O)[C@@H](O[C@H]6[C@H](O)[C@@H](O)[C@@H](O[C@H]7[C@H](O)[C@@H](O)[C@@H](O[C@H]8[C@H](O)[C@@H](O)[C@@H](O[C@H]1[C@H](O)[C@H]2O)O[C@@H]8CO)O[C@@H]7CO)O[C@@H]6CO)O[C@@H]5CO)O[C@@H]4CO)O[C@@H]3CO. The molecule has 14 bridgehead atoms. The fourth-order valence-electron chi connectivity index (χ4n) is 11.3. The van der Waals surface area contributed by atoms with E-state index in [1.54, 1.807) is 12.1 Å². The molecule has 21 aliphatic heterocycles. The second kappa shape index (κ2) is 28.7. The molecule has 0 saturated carbocycles. The molecule has 22 rings (SSSR count). The molecular weight excluding hydrogens is 1210 g/mol. The summed E-state index contributed by atoms with van der Waals surface area (Å²) in [5, 5.41) is 224. The standard InChI is InChI=1S/C49H76O34Se/c1-13-4-2-3-5-21(13)84-12-20-42-28(62)35(69)49(76-20)82-41-19(11-55)74-47(33(67)26(41)60)80-39-17(9-53)72-45(31(65)24(39)58)78-37-15(7-51)70-43(29(63)22(37)56)77-36-14(6-50)71-44(30(64)23(36)57)79-38-16(8-52)73-46(32(66)25(38)59)81-40-18(10-54)75-48(83-42)34(68)27(40)61/h2-5,14-20,22-69H,6-12H2,1H3/t14-,15-,16-,17-,18-,19-,20-,22-,23-,24-,25-,26-,27-,28-,29-,30-,31-,32-,33-,34-,35-,36-,37-,38-,39-,40-,41-,42-,43-,44-,45-,46-,47-,48-,49-/m1/s1. The van der Waals surface area contributed by atoms with Crippen LogP contribution in [-0.4, -0.2) is 372 Å². The molecule has 0 aliphatic carbocycles. The number of aliphatic hydroxyl groups excluding tert-OH is 20. The van der Waals surface area contributed by atoms with Crippen molar-refractivity contribution in [2.45, 2.75) is 227 Å². The van der Waals surface area contributed by atoms with Gasteiger partial charge < -0.3 is 84.6 Å². The Bertz CT molecular complexity index is 2200. The van der Waals surface area contributed by atoms with Crippen LogP contribution in [-0.2, 0) is 66.3 Å². The molecule has 20 N–H and O–H groups in total. The van der Waals surface area contributed by atoms with E-state index in [0.717, 1.165) is 10.0 Å². The first-order chi connectivity index (χ1) is 40.1. The second-order valence-electron chi connectivity index (χ2n) is 21.5. The van der Waals surface area contributed by atoms with Gasteiger partial charge in [-0.3, -0.25) is 0 Å². The summed E-state index contributed by atoms with van der Waals surface area (Å²) in [4.78, 5) is 0. The average Bonchev–Trinajstić information content (AvgIpc) is 1.23. The molecule has 1 aromatic carbocycles. The summed E-state index contributed by atoms with van der Waals surface area (Å²) in [6.07, 6.45) is -68.7. The van der Waals surface area contributed by atoms with Gasteiger partial charge in [-0.15, -0.1) is 0 Å². The van der Waals surface area contributed by atoms with Crippen LogP contribution in [0.1, 0.15) is 5.56 Å². The normalized spacial score (nSPS) is 51.7. The topological polar surface area (TPSA) is 534 Å². The van der Waals surface area contributed by atoms with Crippen LogP contribution in [0.5, 0.6) is 0 Å². The fourth-order valence-corrected chi connectivity index (χ4v) is 13.6. The molecule has 35 atom stereocenters. The number of aliphatic hydroxyl groups is 20. The van der Waals surface area contributed by atoms with E-state index < -0.39 is 270 Å². The molecular formula is C49H76O34Se. The van der Waals surface area contributed by atoms with E-state index in [1.165, 1.54) is 0 Å². The second-order valence-corrected chi connectivity index (χ2v) is 23.8. The Kier molecular flexibility index (Phi) is 22.8. The summed E-state index contributed by atoms with van der Waals surface area (Å²) in [5.74, 6) is 0. The molecule has 21 heterocycles. The van der Waals surface area contributed by atoms with Gasteiger partial charge in [0.15, 0.2) is 18.9 Å². The molecule has 34 nitrogen and oxygen atoms in total. The summed E-state index contributed by atoms with van der Waals surface area (Å²) in [6, 6.07) is 7.23. The Balaban J connectivity index is 1.02. The van der Waals surface area contributed by atoms with Crippen LogP contribution < -0.4 is 4.46 Å². The van der Waals surface area contributed by atoms with Crippen LogP contribution in [0.15, 0.2) is 24.3 Å². The zero-order valence-corrected chi connectivity index (χ0v) is 46.2. The summed E-state index contributed by atoms with van der Waals surface area (Å²) in [5.41, 5.74) is 0.864. The van der Waals surface area contributed by atoms with Crippen LogP contribution >= 0.6 is 0 Å². The van der Waals surface area contributed by atoms with Gasteiger partial charge in [-0.1, -0.05) is 0 Å². The molecule has 21 fully saturated rings. The average molecular weight is 1290 g/mol. The van der Waals surface area contributed by atoms with Crippen molar-refractivity contribution in [1.29, 1.82) is 0 Å². The third-order valence-electron chi connectivity index (χ3n) is 16.1. The molecule has 0 radical (unpaired) electrons. The minimum atomic E-state index is -2.20. The van der Waals surface area contributed by atoms with Gasteiger partial charge in [0.05, 0.1) is 26.4 Å². The number of ether oxygens (including phenoxy) is 14. The summed E-state index contributed by atoms with van der Waals surface area (Å²) in [6.45, 7) is -4.32. The monoisotopic (exact) mass is 1290 g/mol. The molecule has 21 aliphatic rings. The van der Waals surface area contributed by atoms with Crippen LogP contribution in [0, 0.1) is 6.92 Å². The van der Waals surface area contributed by atoms with E-state index in [2.05, 4.69) is 0 Å². The summed E-state index contributed by atoms with van der Waals surface area (Å²) in [7, 11) is 0. The number of rotatable bonds is 9. The van der Waals surface area contributed by atoms with Gasteiger partial charge in [0.1, 0.15) is 61.0 Å². The Morgan fingerprint density at radius 1 is 0.274 bits per heavy atom. The van der Waals surface area contributed by atoms with E-state index in [-0.39, 0.29) is 5.32 Å². The van der Waals surface area contributed by atoms with E-state index >= 15 is 0 Å². The van der Waals surface area contributed by atoms with Crippen LogP contribution in [0.2, 0.25) is 5.32 Å². The van der Waals surface area contributed by atoms with Crippen molar-refractivity contribution in [3.05, 3.63) is 29.8 Å². The third kappa shape index (κ3) is 13.4. The zero-order chi connectivity index (χ0) is 60.7. The first kappa shape index (κ1) is 66.8. The third-order valence-corrected chi connectivity index (χ3v) is 18.8. The Hall–Kier alpha value is -1.62. The van der Waals surface area contributed by atoms with Gasteiger partial charge >= 0.3 is 294 Å². The van der Waals surface area contributed by atoms with Gasteiger partial charge in [0, 0.05) is 0 Å². The Morgan fingerprint density at radius 2 is 0.464 bits per heavy atom. The minimum absolute atomic E-state index is 0.00667. The van der Waals surface area contributed by atoms with Crippen LogP contribution in [0.4, 0.5) is 0 Å². The molecule has 35 heteroatoms. The Morgan fingerprint density at radius 3 is 0.667 bits per heavy atom. The zero-order valence-electron chi connectivity index (χ0n) is 44.5. The van der Waals surface area contributed by atoms with Crippen LogP contribution in [0.3, 0.4) is 0 Å². The first-order valence-corrected chi connectivity index (χ1v) is 29.2. The molecule has 0 spiro atoms. The molecule has 0 aromatic heterocycles. The number of hydrogen-bond acceptors (Lipinski definition) is 34. The van der Waals surface area contributed by atoms with Crippen molar-refractivity contribution < 1.29 is 168 Å². The van der Waals surface area contributed by atoms with E-state index in [0.29, 0.717) is 0 Å². The number of aryl methyl sites for hydroxylation is 1. The van der Waals surface area contributed by atoms with Gasteiger partial charge in [0.2, 0.25) is 0 Å².